The van der Waals surface area contributed by atoms with E-state index in [0.29, 0.717) is 23.7 Å². The zero-order valence-corrected chi connectivity index (χ0v) is 26.8. The third-order valence-electron chi connectivity index (χ3n) is 13.0. The molecule has 2 saturated carbocycles. The van der Waals surface area contributed by atoms with Crippen molar-refractivity contribution >= 4 is 8.32 Å². The van der Waals surface area contributed by atoms with Crippen LogP contribution in [0.2, 0.25) is 18.1 Å². The molecule has 0 aromatic heterocycles. The first-order valence-corrected chi connectivity index (χ1v) is 18.5. The molecule has 5 heteroatoms. The van der Waals surface area contributed by atoms with Crippen molar-refractivity contribution in [2.24, 2.45) is 34.5 Å². The number of aliphatic hydroxyl groups excluding tert-OH is 1. The van der Waals surface area contributed by atoms with Gasteiger partial charge in [-0.15, -0.1) is 0 Å². The van der Waals surface area contributed by atoms with Gasteiger partial charge >= 0.3 is 0 Å². The lowest BCUT2D eigenvalue weighted by atomic mass is 9.47. The summed E-state index contributed by atoms with van der Waals surface area (Å²) < 4.78 is 21.3. The SMILES string of the molecule is C[C@H]1[C@H]2[C@H](C=C3[C@@H]4CC=C5C[C@@H](O)CC[C@]5(C)[C@H]4C[C@@H](O[Si](C)(C)C(C)(C)C)[C@@]32C)O[C@]12CCC(C)(C)O2. The fourth-order valence-electron chi connectivity index (χ4n) is 9.67. The topological polar surface area (TPSA) is 47.9 Å². The highest BCUT2D eigenvalue weighted by molar-refractivity contribution is 6.74. The molecule has 0 radical (unpaired) electrons. The van der Waals surface area contributed by atoms with Crippen molar-refractivity contribution in [1.29, 1.82) is 0 Å². The van der Waals surface area contributed by atoms with Gasteiger partial charge in [0.15, 0.2) is 14.1 Å². The normalized spacial score (nSPS) is 49.7. The van der Waals surface area contributed by atoms with Gasteiger partial charge in [-0.3, -0.25) is 0 Å². The summed E-state index contributed by atoms with van der Waals surface area (Å²) in [5.74, 6) is 1.35. The van der Waals surface area contributed by atoms with Crippen LogP contribution in [0.25, 0.3) is 0 Å². The van der Waals surface area contributed by atoms with Crippen molar-refractivity contribution in [2.75, 3.05) is 0 Å². The van der Waals surface area contributed by atoms with E-state index >= 15 is 0 Å². The second kappa shape index (κ2) is 8.31. The first kappa shape index (κ1) is 27.7. The van der Waals surface area contributed by atoms with Crippen molar-refractivity contribution in [3.05, 3.63) is 23.3 Å². The van der Waals surface area contributed by atoms with Gasteiger partial charge in [-0.1, -0.05) is 64.8 Å². The molecule has 4 nitrogen and oxygen atoms in total. The van der Waals surface area contributed by atoms with E-state index in [1.54, 1.807) is 5.57 Å². The molecule has 214 valence electrons. The van der Waals surface area contributed by atoms with Crippen LogP contribution in [-0.4, -0.2) is 43.1 Å². The van der Waals surface area contributed by atoms with Crippen molar-refractivity contribution < 1.29 is 19.0 Å². The Morgan fingerprint density at radius 1 is 1.08 bits per heavy atom. The van der Waals surface area contributed by atoms with Gasteiger partial charge in [0.2, 0.25) is 0 Å². The first-order chi connectivity index (χ1) is 17.4. The summed E-state index contributed by atoms with van der Waals surface area (Å²) in [5, 5.41) is 10.7. The molecule has 0 bridgehead atoms. The summed E-state index contributed by atoms with van der Waals surface area (Å²) in [7, 11) is -2.02. The van der Waals surface area contributed by atoms with Crippen LogP contribution in [0.15, 0.2) is 23.3 Å². The van der Waals surface area contributed by atoms with Gasteiger partial charge in [-0.05, 0) is 87.8 Å². The lowest BCUT2D eigenvalue weighted by molar-refractivity contribution is -0.245. The zero-order valence-electron chi connectivity index (χ0n) is 25.8. The van der Waals surface area contributed by atoms with Gasteiger partial charge in [-0.2, -0.15) is 0 Å². The van der Waals surface area contributed by atoms with Gasteiger partial charge in [0.1, 0.15) is 0 Å². The minimum Gasteiger partial charge on any atom is -0.413 e. The molecule has 0 amide bonds. The Kier molecular flexibility index (Phi) is 6.05. The maximum Gasteiger partial charge on any atom is 0.192 e. The van der Waals surface area contributed by atoms with Gasteiger partial charge in [0, 0.05) is 23.7 Å². The van der Waals surface area contributed by atoms with Crippen molar-refractivity contribution in [2.45, 2.75) is 148 Å². The lowest BCUT2D eigenvalue weighted by Gasteiger charge is -2.60. The number of allylic oxidation sites excluding steroid dienone is 1. The zero-order chi connectivity index (χ0) is 27.7. The molecule has 10 atom stereocenters. The number of rotatable bonds is 2. The molecule has 38 heavy (non-hydrogen) atoms. The Morgan fingerprint density at radius 3 is 2.42 bits per heavy atom. The van der Waals surface area contributed by atoms with E-state index in [9.17, 15) is 5.11 Å². The predicted molar refractivity (Wildman–Crippen MR) is 155 cm³/mol. The summed E-state index contributed by atoms with van der Waals surface area (Å²) in [6.45, 7) is 23.9. The van der Waals surface area contributed by atoms with Crippen molar-refractivity contribution in [1.82, 2.24) is 0 Å². The molecule has 0 aromatic rings. The smallest absolute Gasteiger partial charge is 0.192 e. The second-order valence-electron chi connectivity index (χ2n) is 16.6. The summed E-state index contributed by atoms with van der Waals surface area (Å²) in [4.78, 5) is 0. The van der Waals surface area contributed by atoms with Crippen molar-refractivity contribution in [3.8, 4) is 0 Å². The Labute approximate surface area is 233 Å². The van der Waals surface area contributed by atoms with E-state index in [0.717, 1.165) is 44.9 Å². The minimum absolute atomic E-state index is 0.0454. The van der Waals surface area contributed by atoms with Gasteiger partial charge in [-0.25, -0.2) is 0 Å². The average Bonchev–Trinajstić information content (AvgIpc) is 3.37. The summed E-state index contributed by atoms with van der Waals surface area (Å²) >= 11 is 0. The molecule has 1 spiro atoms. The minimum atomic E-state index is -2.02. The fourth-order valence-corrected chi connectivity index (χ4v) is 11.1. The van der Waals surface area contributed by atoms with Crippen LogP contribution >= 0.6 is 0 Å². The van der Waals surface area contributed by atoms with Gasteiger partial charge < -0.3 is 19.0 Å². The highest BCUT2D eigenvalue weighted by Crippen LogP contribution is 2.70. The van der Waals surface area contributed by atoms with E-state index in [4.69, 9.17) is 13.9 Å². The summed E-state index contributed by atoms with van der Waals surface area (Å²) in [5.41, 5.74) is 3.12. The molecule has 0 aromatic carbocycles. The third kappa shape index (κ3) is 3.73. The van der Waals surface area contributed by atoms with Crippen LogP contribution in [0.1, 0.15) is 100 Å². The molecule has 2 saturated heterocycles. The number of hydrogen-bond donors (Lipinski definition) is 1. The molecular weight excluding hydrogens is 488 g/mol. The highest BCUT2D eigenvalue weighted by atomic mass is 28.4. The van der Waals surface area contributed by atoms with E-state index in [-0.39, 0.29) is 39.8 Å². The van der Waals surface area contributed by atoms with E-state index in [2.05, 4.69) is 80.6 Å². The molecule has 2 heterocycles. The second-order valence-corrected chi connectivity index (χ2v) is 21.3. The maximum absolute atomic E-state index is 10.5. The van der Waals surface area contributed by atoms with Crippen LogP contribution in [0.4, 0.5) is 0 Å². The standard InChI is InChI=1S/C33H54O4Si/c1-20-28-26(35-33(20)16-15-30(5,6)37-33)18-25-23-12-11-21-17-22(34)13-14-31(21,7)24(23)19-27(32(25,28)8)36-38(9,10)29(2,3)4/h11,18,20,22-24,26-28,34H,12-17,19H2,1-10H3/t20-,22-,23+,24-,26-,27+,28-,31-,32+,33-/m0/s1. The molecule has 6 rings (SSSR count). The maximum atomic E-state index is 10.5. The first-order valence-electron chi connectivity index (χ1n) is 15.6. The summed E-state index contributed by atoms with van der Waals surface area (Å²) in [6.07, 6.45) is 12.3. The molecule has 4 aliphatic carbocycles. The number of aliphatic hydroxyl groups is 1. The van der Waals surface area contributed by atoms with Crippen LogP contribution in [-0.2, 0) is 13.9 Å². The molecular formula is C33H54O4Si. The Bertz CT molecular complexity index is 1050. The quantitative estimate of drug-likeness (QED) is 0.286. The largest absolute Gasteiger partial charge is 0.413 e. The monoisotopic (exact) mass is 542 g/mol. The Balaban J connectivity index is 1.43. The lowest BCUT2D eigenvalue weighted by Crippen LogP contribution is -2.58. The molecule has 4 fully saturated rings. The number of hydrogen-bond acceptors (Lipinski definition) is 4. The third-order valence-corrected chi connectivity index (χ3v) is 17.5. The predicted octanol–water partition coefficient (Wildman–Crippen LogP) is 7.78. The van der Waals surface area contributed by atoms with Crippen LogP contribution < -0.4 is 0 Å². The van der Waals surface area contributed by atoms with Crippen LogP contribution in [0.5, 0.6) is 0 Å². The van der Waals surface area contributed by atoms with Gasteiger partial charge in [0.05, 0.1) is 23.9 Å². The molecule has 1 N–H and O–H groups in total. The van der Waals surface area contributed by atoms with Crippen molar-refractivity contribution in [3.63, 3.8) is 0 Å². The average molecular weight is 543 g/mol. The molecule has 6 aliphatic rings. The Morgan fingerprint density at radius 2 is 1.79 bits per heavy atom. The number of ether oxygens (including phenoxy) is 2. The molecule has 2 aliphatic heterocycles. The van der Waals surface area contributed by atoms with Gasteiger partial charge in [0.25, 0.3) is 0 Å². The van der Waals surface area contributed by atoms with E-state index in [1.165, 1.54) is 5.57 Å². The fraction of sp³-hybridized carbons (Fsp3) is 0.879. The number of fused-ring (bicyclic) bond motifs is 7. The van der Waals surface area contributed by atoms with E-state index < -0.39 is 14.1 Å². The highest BCUT2D eigenvalue weighted by Gasteiger charge is 2.70. The summed E-state index contributed by atoms with van der Waals surface area (Å²) in [6, 6.07) is 0. The van der Waals surface area contributed by atoms with E-state index in [1.807, 2.05) is 0 Å². The van der Waals surface area contributed by atoms with Crippen LogP contribution in [0, 0.1) is 34.5 Å². The Hall–Kier alpha value is -0.463. The van der Waals surface area contributed by atoms with Crippen LogP contribution in [0.3, 0.4) is 0 Å². The molecule has 0 unspecified atom stereocenters.